The van der Waals surface area contributed by atoms with Crippen LogP contribution in [0.15, 0.2) is 71.3 Å². The lowest BCUT2D eigenvalue weighted by molar-refractivity contribution is -0.116. The van der Waals surface area contributed by atoms with Gasteiger partial charge in [-0.1, -0.05) is 11.6 Å². The molecule has 0 spiro atoms. The van der Waals surface area contributed by atoms with Gasteiger partial charge in [0.05, 0.1) is 6.26 Å². The van der Waals surface area contributed by atoms with Crippen LogP contribution in [0.3, 0.4) is 0 Å². The van der Waals surface area contributed by atoms with E-state index in [1.807, 2.05) is 0 Å². The van der Waals surface area contributed by atoms with Crippen LogP contribution in [0.1, 0.15) is 33.8 Å². The second kappa shape index (κ2) is 10.3. The van der Waals surface area contributed by atoms with Crippen molar-refractivity contribution in [2.75, 3.05) is 17.2 Å². The van der Waals surface area contributed by atoms with Gasteiger partial charge >= 0.3 is 0 Å². The summed E-state index contributed by atoms with van der Waals surface area (Å²) >= 11 is 5.80. The van der Waals surface area contributed by atoms with Gasteiger partial charge in [0.15, 0.2) is 5.76 Å². The Morgan fingerprint density at radius 3 is 2.13 bits per heavy atom. The largest absolute Gasteiger partial charge is 0.459 e. The summed E-state index contributed by atoms with van der Waals surface area (Å²) in [5.74, 6) is -0.504. The Hall–Kier alpha value is -3.58. The predicted octanol–water partition coefficient (Wildman–Crippen LogP) is 4.33. The number of furan rings is 1. The summed E-state index contributed by atoms with van der Waals surface area (Å²) in [5, 5.41) is 8.81. The molecule has 0 aliphatic heterocycles. The van der Waals surface area contributed by atoms with Crippen LogP contribution in [0.4, 0.5) is 11.4 Å². The van der Waals surface area contributed by atoms with Crippen molar-refractivity contribution in [3.05, 3.63) is 83.3 Å². The van der Waals surface area contributed by atoms with Gasteiger partial charge in [0.1, 0.15) is 0 Å². The monoisotopic (exact) mass is 425 g/mol. The highest BCUT2D eigenvalue weighted by Gasteiger charge is 2.09. The van der Waals surface area contributed by atoms with E-state index in [2.05, 4.69) is 16.0 Å². The molecule has 30 heavy (non-hydrogen) atoms. The maximum absolute atomic E-state index is 12.1. The van der Waals surface area contributed by atoms with Crippen LogP contribution in [-0.2, 0) is 4.79 Å². The Bertz CT molecular complexity index is 1000. The maximum atomic E-state index is 12.1. The molecule has 0 saturated heterocycles. The molecule has 7 nitrogen and oxygen atoms in total. The van der Waals surface area contributed by atoms with Gasteiger partial charge in [-0.15, -0.1) is 0 Å². The third kappa shape index (κ3) is 6.22. The molecular weight excluding hydrogens is 406 g/mol. The fraction of sp³-hybridized carbons (Fsp3) is 0.136. The van der Waals surface area contributed by atoms with Gasteiger partial charge in [-0.25, -0.2) is 0 Å². The molecule has 2 aromatic carbocycles. The van der Waals surface area contributed by atoms with E-state index >= 15 is 0 Å². The zero-order valence-corrected chi connectivity index (χ0v) is 16.7. The standard InChI is InChI=1S/C22H20ClN3O4/c23-16-7-5-15(6-8-16)21(28)24-13-1-4-20(27)25-17-9-11-18(12-10-17)26-22(29)19-3-2-14-30-19/h2-3,5-12,14H,1,4,13H2,(H,24,28)(H,25,27)(H,26,29). The van der Waals surface area contributed by atoms with E-state index in [0.717, 1.165) is 0 Å². The Morgan fingerprint density at radius 2 is 1.50 bits per heavy atom. The molecule has 0 saturated carbocycles. The highest BCUT2D eigenvalue weighted by Crippen LogP contribution is 2.15. The van der Waals surface area contributed by atoms with Gasteiger partial charge in [-0.2, -0.15) is 0 Å². The summed E-state index contributed by atoms with van der Waals surface area (Å²) in [4.78, 5) is 36.0. The molecule has 0 unspecified atom stereocenters. The normalized spacial score (nSPS) is 10.3. The number of anilines is 2. The highest BCUT2D eigenvalue weighted by atomic mass is 35.5. The molecule has 1 heterocycles. The maximum Gasteiger partial charge on any atom is 0.291 e. The van der Waals surface area contributed by atoms with E-state index in [1.165, 1.54) is 6.26 Å². The minimum atomic E-state index is -0.350. The van der Waals surface area contributed by atoms with Gasteiger partial charge in [0, 0.05) is 34.9 Å². The molecule has 0 aliphatic carbocycles. The van der Waals surface area contributed by atoms with E-state index in [9.17, 15) is 14.4 Å². The number of nitrogens with one attached hydrogen (secondary N) is 3. The van der Waals surface area contributed by atoms with Crippen LogP contribution in [0.2, 0.25) is 5.02 Å². The van der Waals surface area contributed by atoms with E-state index in [0.29, 0.717) is 34.9 Å². The van der Waals surface area contributed by atoms with Crippen molar-refractivity contribution in [1.82, 2.24) is 5.32 Å². The van der Waals surface area contributed by atoms with Crippen LogP contribution in [0, 0.1) is 0 Å². The number of carbonyl (C=O) groups is 3. The molecular formula is C22H20ClN3O4. The predicted molar refractivity (Wildman–Crippen MR) is 115 cm³/mol. The molecule has 3 amide bonds. The summed E-state index contributed by atoms with van der Waals surface area (Å²) in [5.41, 5.74) is 1.71. The van der Waals surface area contributed by atoms with Crippen molar-refractivity contribution >= 4 is 40.7 Å². The van der Waals surface area contributed by atoms with E-state index in [4.69, 9.17) is 16.0 Å². The Balaban J connectivity index is 1.38. The third-order valence-corrected chi connectivity index (χ3v) is 4.40. The first-order valence-electron chi connectivity index (χ1n) is 9.30. The molecule has 3 N–H and O–H groups in total. The van der Waals surface area contributed by atoms with E-state index in [-0.39, 0.29) is 29.9 Å². The second-order valence-corrected chi connectivity index (χ2v) is 6.86. The van der Waals surface area contributed by atoms with Crippen LogP contribution in [0.5, 0.6) is 0 Å². The van der Waals surface area contributed by atoms with Gasteiger partial charge in [-0.05, 0) is 67.1 Å². The van der Waals surface area contributed by atoms with Crippen molar-refractivity contribution < 1.29 is 18.8 Å². The fourth-order valence-electron chi connectivity index (χ4n) is 2.62. The molecule has 154 valence electrons. The smallest absolute Gasteiger partial charge is 0.291 e. The van der Waals surface area contributed by atoms with Crippen LogP contribution in [-0.4, -0.2) is 24.3 Å². The summed E-state index contributed by atoms with van der Waals surface area (Å²) < 4.78 is 5.03. The number of hydrogen-bond acceptors (Lipinski definition) is 4. The number of hydrogen-bond donors (Lipinski definition) is 3. The first-order valence-corrected chi connectivity index (χ1v) is 9.67. The minimum absolute atomic E-state index is 0.164. The number of benzene rings is 2. The van der Waals surface area contributed by atoms with Crippen LogP contribution in [0.25, 0.3) is 0 Å². The quantitative estimate of drug-likeness (QED) is 0.467. The summed E-state index contributed by atoms with van der Waals surface area (Å²) in [6.45, 7) is 0.382. The minimum Gasteiger partial charge on any atom is -0.459 e. The Labute approximate surface area is 178 Å². The molecule has 0 radical (unpaired) electrons. The van der Waals surface area contributed by atoms with Crippen molar-refractivity contribution in [2.24, 2.45) is 0 Å². The number of rotatable bonds is 8. The number of amides is 3. The molecule has 0 aliphatic rings. The molecule has 1 aromatic heterocycles. The van der Waals surface area contributed by atoms with Crippen molar-refractivity contribution in [3.8, 4) is 0 Å². The fourth-order valence-corrected chi connectivity index (χ4v) is 2.74. The zero-order valence-electron chi connectivity index (χ0n) is 16.0. The Morgan fingerprint density at radius 1 is 0.833 bits per heavy atom. The highest BCUT2D eigenvalue weighted by molar-refractivity contribution is 6.30. The SMILES string of the molecule is O=C(CCCNC(=O)c1ccc(Cl)cc1)Nc1ccc(NC(=O)c2ccco2)cc1. The van der Waals surface area contributed by atoms with Crippen LogP contribution < -0.4 is 16.0 Å². The first kappa shape index (κ1) is 21.1. The molecule has 0 bridgehead atoms. The zero-order chi connectivity index (χ0) is 21.3. The van der Waals surface area contributed by atoms with Crippen molar-refractivity contribution in [3.63, 3.8) is 0 Å². The summed E-state index contributed by atoms with van der Waals surface area (Å²) in [7, 11) is 0. The number of halogens is 1. The molecule has 3 rings (SSSR count). The first-order chi connectivity index (χ1) is 14.5. The van der Waals surface area contributed by atoms with E-state index in [1.54, 1.807) is 60.7 Å². The molecule has 8 heteroatoms. The lowest BCUT2D eigenvalue weighted by Gasteiger charge is -2.08. The van der Waals surface area contributed by atoms with Gasteiger partial charge in [0.2, 0.25) is 5.91 Å². The topological polar surface area (TPSA) is 100 Å². The lowest BCUT2D eigenvalue weighted by atomic mass is 10.2. The Kier molecular flexibility index (Phi) is 7.24. The molecule has 0 fully saturated rings. The van der Waals surface area contributed by atoms with Gasteiger partial charge in [-0.3, -0.25) is 14.4 Å². The second-order valence-electron chi connectivity index (χ2n) is 6.42. The van der Waals surface area contributed by atoms with Gasteiger partial charge in [0.25, 0.3) is 11.8 Å². The summed E-state index contributed by atoms with van der Waals surface area (Å²) in [6, 6.07) is 16.5. The number of carbonyl (C=O) groups excluding carboxylic acids is 3. The lowest BCUT2D eigenvalue weighted by Crippen LogP contribution is -2.25. The average molecular weight is 426 g/mol. The van der Waals surface area contributed by atoms with Gasteiger partial charge < -0.3 is 20.4 Å². The average Bonchev–Trinajstić information content (AvgIpc) is 3.28. The van der Waals surface area contributed by atoms with E-state index < -0.39 is 0 Å². The van der Waals surface area contributed by atoms with Crippen LogP contribution >= 0.6 is 11.6 Å². The van der Waals surface area contributed by atoms with Crippen molar-refractivity contribution in [1.29, 1.82) is 0 Å². The third-order valence-electron chi connectivity index (χ3n) is 4.14. The summed E-state index contributed by atoms with van der Waals surface area (Å²) in [6.07, 6.45) is 2.19. The molecule has 3 aromatic rings. The van der Waals surface area contributed by atoms with Crippen molar-refractivity contribution in [2.45, 2.75) is 12.8 Å². The molecule has 0 atom stereocenters.